The van der Waals surface area contributed by atoms with Gasteiger partial charge in [0.05, 0.1) is 12.5 Å². The summed E-state index contributed by atoms with van der Waals surface area (Å²) in [6.45, 7) is 2.31. The topological polar surface area (TPSA) is 92.7 Å². The zero-order chi connectivity index (χ0) is 12.3. The molecule has 0 radical (unpaired) electrons. The molecule has 0 aromatic carbocycles. The third kappa shape index (κ3) is 2.92. The number of H-pyrrole nitrogens is 1. The largest absolute Gasteiger partial charge is 0.336 e. The van der Waals surface area contributed by atoms with E-state index in [2.05, 4.69) is 19.9 Å². The Labute approximate surface area is 98.9 Å². The van der Waals surface area contributed by atoms with Crippen LogP contribution in [0, 0.1) is 0 Å². The van der Waals surface area contributed by atoms with Crippen LogP contribution in [0.15, 0.2) is 36.0 Å². The average molecular weight is 255 g/mol. The van der Waals surface area contributed by atoms with Crippen molar-refractivity contribution in [2.24, 2.45) is 0 Å². The van der Waals surface area contributed by atoms with Crippen molar-refractivity contribution >= 4 is 10.0 Å². The fraction of sp³-hybridized carbons (Fsp3) is 0.333. The van der Waals surface area contributed by atoms with Crippen LogP contribution in [0.4, 0.5) is 0 Å². The summed E-state index contributed by atoms with van der Waals surface area (Å²) in [5.74, 6) is 0. The molecule has 0 saturated heterocycles. The average Bonchev–Trinajstić information content (AvgIpc) is 2.87. The van der Waals surface area contributed by atoms with Crippen molar-refractivity contribution in [1.29, 1.82) is 0 Å². The van der Waals surface area contributed by atoms with E-state index in [4.69, 9.17) is 0 Å². The van der Waals surface area contributed by atoms with Crippen LogP contribution in [-0.4, -0.2) is 34.2 Å². The van der Waals surface area contributed by atoms with Gasteiger partial charge in [0, 0.05) is 31.2 Å². The number of imidazole rings is 1. The van der Waals surface area contributed by atoms with Gasteiger partial charge in [-0.25, -0.2) is 18.1 Å². The van der Waals surface area contributed by atoms with Crippen LogP contribution in [0.25, 0.3) is 0 Å². The minimum atomic E-state index is -3.50. The van der Waals surface area contributed by atoms with E-state index in [1.54, 1.807) is 25.6 Å². The van der Waals surface area contributed by atoms with Gasteiger partial charge in [-0.2, -0.15) is 5.10 Å². The van der Waals surface area contributed by atoms with Crippen LogP contribution in [0.2, 0.25) is 0 Å². The zero-order valence-corrected chi connectivity index (χ0v) is 10.1. The molecule has 0 fully saturated rings. The number of sulfonamides is 1. The molecule has 2 rings (SSSR count). The first-order valence-electron chi connectivity index (χ1n) is 5.05. The van der Waals surface area contributed by atoms with Gasteiger partial charge < -0.3 is 4.57 Å². The fourth-order valence-electron chi connectivity index (χ4n) is 1.47. The lowest BCUT2D eigenvalue weighted by molar-refractivity contribution is 0.520. The van der Waals surface area contributed by atoms with Gasteiger partial charge >= 0.3 is 0 Å². The van der Waals surface area contributed by atoms with E-state index in [0.717, 1.165) is 0 Å². The van der Waals surface area contributed by atoms with Crippen LogP contribution in [0.1, 0.15) is 6.92 Å². The lowest BCUT2D eigenvalue weighted by atomic mass is 10.4. The van der Waals surface area contributed by atoms with Gasteiger partial charge in [-0.05, 0) is 6.92 Å². The second-order valence-corrected chi connectivity index (χ2v) is 5.43. The van der Waals surface area contributed by atoms with E-state index in [0.29, 0.717) is 6.54 Å². The van der Waals surface area contributed by atoms with Gasteiger partial charge in [0.15, 0.2) is 0 Å². The summed E-state index contributed by atoms with van der Waals surface area (Å²) in [7, 11) is -3.50. The molecule has 1 atom stereocenters. The molecule has 0 bridgehead atoms. The summed E-state index contributed by atoms with van der Waals surface area (Å²) in [5.41, 5.74) is 0. The van der Waals surface area contributed by atoms with Crippen LogP contribution in [-0.2, 0) is 16.6 Å². The standard InChI is InChI=1S/C9H13N5O2S/c1-8(6-14-3-2-10-7-14)13-17(15,16)9-4-11-12-5-9/h2-5,7-8,13H,6H2,1H3,(H,11,12). The maximum atomic E-state index is 11.8. The van der Waals surface area contributed by atoms with E-state index in [1.165, 1.54) is 12.4 Å². The quantitative estimate of drug-likeness (QED) is 0.785. The molecule has 2 N–H and O–H groups in total. The lowest BCUT2D eigenvalue weighted by Gasteiger charge is -2.13. The summed E-state index contributed by atoms with van der Waals surface area (Å²) >= 11 is 0. The molecule has 2 heterocycles. The minimum absolute atomic E-state index is 0.134. The Kier molecular flexibility index (Phi) is 3.25. The molecule has 0 aliphatic rings. The van der Waals surface area contributed by atoms with E-state index in [-0.39, 0.29) is 10.9 Å². The minimum Gasteiger partial charge on any atom is -0.336 e. The second kappa shape index (κ2) is 4.68. The van der Waals surface area contributed by atoms with Crippen molar-refractivity contribution in [2.75, 3.05) is 0 Å². The molecule has 1 unspecified atom stereocenters. The Morgan fingerprint density at radius 1 is 1.59 bits per heavy atom. The third-order valence-corrected chi connectivity index (χ3v) is 3.74. The highest BCUT2D eigenvalue weighted by molar-refractivity contribution is 7.89. The Hall–Kier alpha value is -1.67. The van der Waals surface area contributed by atoms with Crippen molar-refractivity contribution in [1.82, 2.24) is 24.5 Å². The normalized spacial score (nSPS) is 13.7. The van der Waals surface area contributed by atoms with Crippen LogP contribution in [0.5, 0.6) is 0 Å². The first kappa shape index (κ1) is 11.8. The molecule has 0 aliphatic carbocycles. The smallest absolute Gasteiger partial charge is 0.243 e. The molecule has 0 saturated carbocycles. The van der Waals surface area contributed by atoms with Crippen molar-refractivity contribution < 1.29 is 8.42 Å². The summed E-state index contributed by atoms with van der Waals surface area (Å²) in [6.07, 6.45) is 7.68. The number of rotatable bonds is 5. The molecule has 8 heteroatoms. The number of aromatic amines is 1. The predicted octanol–water partition coefficient (Wildman–Crippen LogP) is -0.0268. The van der Waals surface area contributed by atoms with Gasteiger partial charge in [0.25, 0.3) is 0 Å². The van der Waals surface area contributed by atoms with Gasteiger partial charge in [-0.3, -0.25) is 5.10 Å². The van der Waals surface area contributed by atoms with Crippen molar-refractivity contribution in [3.05, 3.63) is 31.1 Å². The first-order valence-corrected chi connectivity index (χ1v) is 6.53. The Morgan fingerprint density at radius 3 is 3.00 bits per heavy atom. The van der Waals surface area contributed by atoms with Gasteiger partial charge in [0.2, 0.25) is 10.0 Å². The highest BCUT2D eigenvalue weighted by Gasteiger charge is 2.18. The fourth-order valence-corrected chi connectivity index (χ4v) is 2.61. The second-order valence-electron chi connectivity index (χ2n) is 3.72. The zero-order valence-electron chi connectivity index (χ0n) is 9.24. The van der Waals surface area contributed by atoms with E-state index < -0.39 is 10.0 Å². The first-order chi connectivity index (χ1) is 8.08. The summed E-state index contributed by atoms with van der Waals surface area (Å²) in [4.78, 5) is 4.03. The summed E-state index contributed by atoms with van der Waals surface area (Å²) in [5, 5.41) is 6.08. The molecular weight excluding hydrogens is 242 g/mol. The molecular formula is C9H13N5O2S. The Morgan fingerprint density at radius 2 is 2.41 bits per heavy atom. The van der Waals surface area contributed by atoms with Gasteiger partial charge in [-0.15, -0.1) is 0 Å². The molecule has 0 spiro atoms. The van der Waals surface area contributed by atoms with Crippen LogP contribution >= 0.6 is 0 Å². The molecule has 2 aromatic heterocycles. The highest BCUT2D eigenvalue weighted by atomic mass is 32.2. The number of nitrogens with one attached hydrogen (secondary N) is 2. The van der Waals surface area contributed by atoms with Crippen molar-refractivity contribution in [3.8, 4) is 0 Å². The molecule has 92 valence electrons. The summed E-state index contributed by atoms with van der Waals surface area (Å²) in [6, 6.07) is -0.232. The van der Waals surface area contributed by atoms with E-state index in [9.17, 15) is 8.42 Å². The molecule has 0 amide bonds. The maximum Gasteiger partial charge on any atom is 0.243 e. The predicted molar refractivity (Wildman–Crippen MR) is 60.6 cm³/mol. The van der Waals surface area contributed by atoms with E-state index in [1.807, 2.05) is 4.57 Å². The molecule has 2 aromatic rings. The lowest BCUT2D eigenvalue weighted by Crippen LogP contribution is -2.35. The Bertz CT molecular complexity index is 546. The number of nitrogens with zero attached hydrogens (tertiary/aromatic N) is 3. The highest BCUT2D eigenvalue weighted by Crippen LogP contribution is 2.06. The SMILES string of the molecule is CC(Cn1ccnc1)NS(=O)(=O)c1cn[nH]c1. The monoisotopic (exact) mass is 255 g/mol. The van der Waals surface area contributed by atoms with Crippen molar-refractivity contribution in [3.63, 3.8) is 0 Å². The number of hydrogen-bond donors (Lipinski definition) is 2. The number of aromatic nitrogens is 4. The van der Waals surface area contributed by atoms with Crippen LogP contribution < -0.4 is 4.72 Å². The third-order valence-electron chi connectivity index (χ3n) is 2.18. The number of hydrogen-bond acceptors (Lipinski definition) is 4. The van der Waals surface area contributed by atoms with Crippen LogP contribution in [0.3, 0.4) is 0 Å². The van der Waals surface area contributed by atoms with E-state index >= 15 is 0 Å². The maximum absolute atomic E-state index is 11.8. The van der Waals surface area contributed by atoms with Crippen molar-refractivity contribution in [2.45, 2.75) is 24.4 Å². The molecule has 7 nitrogen and oxygen atoms in total. The molecule has 0 aliphatic heterocycles. The van der Waals surface area contributed by atoms with Gasteiger partial charge in [-0.1, -0.05) is 0 Å². The summed E-state index contributed by atoms with van der Waals surface area (Å²) < 4.78 is 28.0. The Balaban J connectivity index is 2.01. The molecule has 17 heavy (non-hydrogen) atoms. The van der Waals surface area contributed by atoms with Gasteiger partial charge in [0.1, 0.15) is 4.90 Å².